The van der Waals surface area contributed by atoms with Crippen LogP contribution in [0.4, 0.5) is 0 Å². The fraction of sp³-hybridized carbons (Fsp3) is 0.211. The van der Waals surface area contributed by atoms with E-state index in [0.29, 0.717) is 6.04 Å². The van der Waals surface area contributed by atoms with Gasteiger partial charge in [0.05, 0.1) is 12.3 Å². The lowest BCUT2D eigenvalue weighted by Gasteiger charge is -2.26. The molecule has 2 aromatic carbocycles. The Morgan fingerprint density at radius 1 is 1.09 bits per heavy atom. The third-order valence-corrected chi connectivity index (χ3v) is 4.22. The quantitative estimate of drug-likeness (QED) is 0.802. The summed E-state index contributed by atoms with van der Waals surface area (Å²) in [5.74, 6) is 1.00. The van der Waals surface area contributed by atoms with E-state index in [1.54, 1.807) is 6.20 Å². The Hall–Kier alpha value is -2.59. The van der Waals surface area contributed by atoms with Crippen LogP contribution in [-0.2, 0) is 6.54 Å². The minimum Gasteiger partial charge on any atom is -0.493 e. The van der Waals surface area contributed by atoms with Gasteiger partial charge in [0, 0.05) is 37.0 Å². The zero-order valence-corrected chi connectivity index (χ0v) is 12.9. The fourth-order valence-corrected chi connectivity index (χ4v) is 2.98. The molecule has 0 saturated heterocycles. The molecule has 1 aliphatic rings. The minimum absolute atomic E-state index is 0.353. The van der Waals surface area contributed by atoms with Crippen molar-refractivity contribution in [3.8, 4) is 11.4 Å². The molecule has 116 valence electrons. The molecule has 1 aromatic heterocycles. The predicted octanol–water partition coefficient (Wildman–Crippen LogP) is 3.49. The first-order valence-corrected chi connectivity index (χ1v) is 7.94. The van der Waals surface area contributed by atoms with Gasteiger partial charge in [-0.05, 0) is 29.8 Å². The maximum Gasteiger partial charge on any atom is 0.124 e. The van der Waals surface area contributed by atoms with Crippen LogP contribution in [-0.4, -0.2) is 16.4 Å². The van der Waals surface area contributed by atoms with Crippen molar-refractivity contribution >= 4 is 0 Å². The number of aromatic nitrogens is 2. The molecule has 0 fully saturated rings. The van der Waals surface area contributed by atoms with Crippen LogP contribution in [0.3, 0.4) is 0 Å². The summed E-state index contributed by atoms with van der Waals surface area (Å²) in [6, 6.07) is 19.1. The van der Waals surface area contributed by atoms with Crippen molar-refractivity contribution in [1.82, 2.24) is 15.1 Å². The monoisotopic (exact) mass is 305 g/mol. The van der Waals surface area contributed by atoms with Crippen LogP contribution in [0.25, 0.3) is 5.69 Å². The third kappa shape index (κ3) is 2.98. The Bertz CT molecular complexity index is 766. The Morgan fingerprint density at radius 2 is 1.96 bits per heavy atom. The molecule has 0 bridgehead atoms. The van der Waals surface area contributed by atoms with Gasteiger partial charge in [-0.25, -0.2) is 4.68 Å². The number of fused-ring (bicyclic) bond motifs is 1. The lowest BCUT2D eigenvalue weighted by Crippen LogP contribution is -2.26. The van der Waals surface area contributed by atoms with E-state index in [4.69, 9.17) is 4.74 Å². The van der Waals surface area contributed by atoms with Gasteiger partial charge in [0.2, 0.25) is 0 Å². The average molecular weight is 305 g/mol. The van der Waals surface area contributed by atoms with Gasteiger partial charge < -0.3 is 10.1 Å². The highest BCUT2D eigenvalue weighted by atomic mass is 16.5. The third-order valence-electron chi connectivity index (χ3n) is 4.22. The van der Waals surface area contributed by atoms with Gasteiger partial charge in [0.15, 0.2) is 0 Å². The van der Waals surface area contributed by atoms with E-state index < -0.39 is 0 Å². The van der Waals surface area contributed by atoms with Crippen LogP contribution >= 0.6 is 0 Å². The SMILES string of the molecule is c1ccc2c(c1)OCCC2NCc1ccc(-n2cccn2)cc1. The zero-order valence-electron chi connectivity index (χ0n) is 12.9. The number of nitrogens with one attached hydrogen (secondary N) is 1. The van der Waals surface area contributed by atoms with Crippen LogP contribution in [0.1, 0.15) is 23.6 Å². The minimum atomic E-state index is 0.353. The molecule has 23 heavy (non-hydrogen) atoms. The Morgan fingerprint density at radius 3 is 2.78 bits per heavy atom. The second kappa shape index (κ2) is 6.26. The topological polar surface area (TPSA) is 39.1 Å². The molecule has 3 aromatic rings. The van der Waals surface area contributed by atoms with Gasteiger partial charge in [-0.15, -0.1) is 0 Å². The Labute approximate surface area is 135 Å². The van der Waals surface area contributed by atoms with E-state index in [-0.39, 0.29) is 0 Å². The van der Waals surface area contributed by atoms with Gasteiger partial charge in [-0.1, -0.05) is 30.3 Å². The number of hydrogen-bond acceptors (Lipinski definition) is 3. The van der Waals surface area contributed by atoms with Crippen LogP contribution in [0.15, 0.2) is 67.0 Å². The van der Waals surface area contributed by atoms with Crippen molar-refractivity contribution in [3.63, 3.8) is 0 Å². The molecule has 1 atom stereocenters. The van der Waals surface area contributed by atoms with E-state index in [1.807, 2.05) is 29.1 Å². The number of hydrogen-bond donors (Lipinski definition) is 1. The number of ether oxygens (including phenoxy) is 1. The molecule has 2 heterocycles. The van der Waals surface area contributed by atoms with Gasteiger partial charge in [0.25, 0.3) is 0 Å². The maximum atomic E-state index is 5.71. The molecule has 4 rings (SSSR count). The van der Waals surface area contributed by atoms with E-state index in [2.05, 4.69) is 46.8 Å². The second-order valence-corrected chi connectivity index (χ2v) is 5.73. The summed E-state index contributed by atoms with van der Waals surface area (Å²) in [6.07, 6.45) is 4.74. The molecule has 1 N–H and O–H groups in total. The normalized spacial score (nSPS) is 16.6. The van der Waals surface area contributed by atoms with Crippen LogP contribution < -0.4 is 10.1 Å². The van der Waals surface area contributed by atoms with Crippen molar-refractivity contribution in [1.29, 1.82) is 0 Å². The summed E-state index contributed by atoms with van der Waals surface area (Å²) in [5.41, 5.74) is 3.60. The van der Waals surface area contributed by atoms with Gasteiger partial charge >= 0.3 is 0 Å². The molecular formula is C19H19N3O. The molecule has 4 heteroatoms. The molecule has 4 nitrogen and oxygen atoms in total. The highest BCUT2D eigenvalue weighted by Crippen LogP contribution is 2.31. The summed E-state index contributed by atoms with van der Waals surface area (Å²) in [7, 11) is 0. The average Bonchev–Trinajstić information content (AvgIpc) is 3.15. The molecule has 0 amide bonds. The van der Waals surface area contributed by atoms with Crippen molar-refractivity contribution in [3.05, 3.63) is 78.1 Å². The smallest absolute Gasteiger partial charge is 0.124 e. The fourth-order valence-electron chi connectivity index (χ4n) is 2.98. The van der Waals surface area contributed by atoms with E-state index in [9.17, 15) is 0 Å². The number of benzene rings is 2. The lowest BCUT2D eigenvalue weighted by molar-refractivity contribution is 0.252. The Kier molecular flexibility index (Phi) is 3.82. The molecule has 0 spiro atoms. The van der Waals surface area contributed by atoms with Gasteiger partial charge in [-0.2, -0.15) is 5.10 Å². The first-order valence-electron chi connectivity index (χ1n) is 7.94. The van der Waals surface area contributed by atoms with Crippen molar-refractivity contribution in [2.45, 2.75) is 19.0 Å². The van der Waals surface area contributed by atoms with Crippen LogP contribution in [0.2, 0.25) is 0 Å². The first-order chi connectivity index (χ1) is 11.4. The molecule has 0 saturated carbocycles. The summed E-state index contributed by atoms with van der Waals surface area (Å²) >= 11 is 0. The second-order valence-electron chi connectivity index (χ2n) is 5.73. The first kappa shape index (κ1) is 14.0. The van der Waals surface area contributed by atoms with E-state index in [0.717, 1.165) is 31.0 Å². The molecule has 0 radical (unpaired) electrons. The number of rotatable bonds is 4. The lowest BCUT2D eigenvalue weighted by atomic mass is 10.0. The van der Waals surface area contributed by atoms with Crippen molar-refractivity contribution in [2.24, 2.45) is 0 Å². The summed E-state index contributed by atoms with van der Waals surface area (Å²) in [6.45, 7) is 1.62. The highest BCUT2D eigenvalue weighted by Gasteiger charge is 2.20. The molecular weight excluding hydrogens is 286 g/mol. The van der Waals surface area contributed by atoms with E-state index >= 15 is 0 Å². The molecule has 0 aliphatic carbocycles. The zero-order chi connectivity index (χ0) is 15.5. The van der Waals surface area contributed by atoms with Crippen LogP contribution in [0, 0.1) is 0 Å². The van der Waals surface area contributed by atoms with E-state index in [1.165, 1.54) is 11.1 Å². The summed E-state index contributed by atoms with van der Waals surface area (Å²) in [4.78, 5) is 0. The summed E-state index contributed by atoms with van der Waals surface area (Å²) < 4.78 is 7.58. The maximum absolute atomic E-state index is 5.71. The predicted molar refractivity (Wildman–Crippen MR) is 89.7 cm³/mol. The summed E-state index contributed by atoms with van der Waals surface area (Å²) in [5, 5.41) is 7.89. The number of para-hydroxylation sites is 1. The van der Waals surface area contributed by atoms with Crippen molar-refractivity contribution < 1.29 is 4.74 Å². The van der Waals surface area contributed by atoms with Gasteiger partial charge in [-0.3, -0.25) is 0 Å². The highest BCUT2D eigenvalue weighted by molar-refractivity contribution is 5.38. The largest absolute Gasteiger partial charge is 0.493 e. The van der Waals surface area contributed by atoms with Crippen molar-refractivity contribution in [2.75, 3.05) is 6.61 Å². The van der Waals surface area contributed by atoms with Gasteiger partial charge in [0.1, 0.15) is 5.75 Å². The number of nitrogens with zero attached hydrogens (tertiary/aromatic N) is 2. The molecule has 1 aliphatic heterocycles. The standard InChI is InChI=1S/C19H19N3O/c1-2-5-19-17(4-1)18(10-13-23-19)20-14-15-6-8-16(9-7-15)22-12-3-11-21-22/h1-9,11-12,18,20H,10,13-14H2. The van der Waals surface area contributed by atoms with Crippen LogP contribution in [0.5, 0.6) is 5.75 Å². The molecule has 1 unspecified atom stereocenters. The Balaban J connectivity index is 1.44.